The Morgan fingerprint density at radius 1 is 1.11 bits per heavy atom. The van der Waals surface area contributed by atoms with Crippen LogP contribution in [0.25, 0.3) is 0 Å². The Morgan fingerprint density at radius 3 is 2.26 bits per heavy atom. The third kappa shape index (κ3) is 8.21. The van der Waals surface area contributed by atoms with Gasteiger partial charge in [-0.15, -0.1) is 0 Å². The van der Waals surface area contributed by atoms with Crippen LogP contribution in [0.3, 0.4) is 0 Å². The highest BCUT2D eigenvalue weighted by atomic mass is 35.5. The number of carbonyl (C=O) groups excluding carboxylic acids is 2. The lowest BCUT2D eigenvalue weighted by Crippen LogP contribution is -2.52. The summed E-state index contributed by atoms with van der Waals surface area (Å²) in [5, 5.41) is 3.22. The second-order valence-corrected chi connectivity index (χ2v) is 11.2. The minimum absolute atomic E-state index is 0.0129. The summed E-state index contributed by atoms with van der Waals surface area (Å²) in [5.74, 6) is -1.11. The van der Waals surface area contributed by atoms with E-state index in [0.29, 0.717) is 23.6 Å². The van der Waals surface area contributed by atoms with E-state index in [-0.39, 0.29) is 24.1 Å². The molecule has 0 heterocycles. The van der Waals surface area contributed by atoms with E-state index in [1.807, 2.05) is 13.8 Å². The van der Waals surface area contributed by atoms with Gasteiger partial charge in [0.25, 0.3) is 0 Å². The number of amides is 2. The Hall–Kier alpha value is -2.65. The molecule has 0 bridgehead atoms. The number of aryl methyl sites for hydroxylation is 1. The first-order valence-corrected chi connectivity index (χ1v) is 13.6. The lowest BCUT2D eigenvalue weighted by atomic mass is 10.1. The Kier molecular flexibility index (Phi) is 10.1. The third-order valence-corrected chi connectivity index (χ3v) is 7.01. The molecule has 0 aliphatic heterocycles. The van der Waals surface area contributed by atoms with Crippen LogP contribution in [0, 0.1) is 18.7 Å². The molecule has 35 heavy (non-hydrogen) atoms. The van der Waals surface area contributed by atoms with E-state index < -0.39 is 34.3 Å². The van der Waals surface area contributed by atoms with Crippen LogP contribution < -0.4 is 9.62 Å². The SMILES string of the molecule is CC[C@@H](C(=O)NCC(C)C)N(Cc1ccc(F)cc1)C(=O)CN(c1ccc(C)c(Cl)c1)S(C)(=O)=O. The molecule has 2 aromatic rings. The van der Waals surface area contributed by atoms with Gasteiger partial charge < -0.3 is 10.2 Å². The van der Waals surface area contributed by atoms with Crippen molar-refractivity contribution < 1.29 is 22.4 Å². The minimum Gasteiger partial charge on any atom is -0.354 e. The van der Waals surface area contributed by atoms with Crippen molar-refractivity contribution in [1.29, 1.82) is 0 Å². The molecule has 0 saturated heterocycles. The van der Waals surface area contributed by atoms with Gasteiger partial charge in [0.2, 0.25) is 21.8 Å². The second kappa shape index (κ2) is 12.4. The average Bonchev–Trinajstić information content (AvgIpc) is 2.78. The largest absolute Gasteiger partial charge is 0.354 e. The summed E-state index contributed by atoms with van der Waals surface area (Å²) < 4.78 is 39.7. The number of nitrogens with zero attached hydrogens (tertiary/aromatic N) is 2. The molecule has 1 N–H and O–H groups in total. The van der Waals surface area contributed by atoms with Crippen molar-refractivity contribution in [2.45, 2.75) is 46.7 Å². The number of nitrogens with one attached hydrogen (secondary N) is 1. The summed E-state index contributed by atoms with van der Waals surface area (Å²) in [6.45, 7) is 7.41. The summed E-state index contributed by atoms with van der Waals surface area (Å²) in [6.07, 6.45) is 1.32. The fourth-order valence-corrected chi connectivity index (χ4v) is 4.50. The fourth-order valence-electron chi connectivity index (χ4n) is 3.48. The zero-order valence-corrected chi connectivity index (χ0v) is 22.3. The molecule has 10 heteroatoms. The molecule has 0 unspecified atom stereocenters. The van der Waals surface area contributed by atoms with Gasteiger partial charge >= 0.3 is 0 Å². The van der Waals surface area contributed by atoms with Gasteiger partial charge in [-0.3, -0.25) is 13.9 Å². The van der Waals surface area contributed by atoms with Gasteiger partial charge in [-0.1, -0.05) is 50.6 Å². The molecule has 0 aliphatic carbocycles. The standard InChI is InChI=1S/C25H33ClFN3O4S/c1-6-23(25(32)28-14-17(2)3)29(15-19-8-10-20(27)11-9-19)24(31)16-30(35(5,33)34)21-12-7-18(4)22(26)13-21/h7-13,17,23H,6,14-16H2,1-5H3,(H,28,32)/t23-/m0/s1. The Labute approximate surface area is 212 Å². The number of hydrogen-bond acceptors (Lipinski definition) is 4. The number of hydrogen-bond donors (Lipinski definition) is 1. The monoisotopic (exact) mass is 525 g/mol. The number of rotatable bonds is 11. The van der Waals surface area contributed by atoms with Gasteiger partial charge in [0.15, 0.2) is 0 Å². The van der Waals surface area contributed by atoms with Crippen molar-refractivity contribution in [1.82, 2.24) is 10.2 Å². The average molecular weight is 526 g/mol. The minimum atomic E-state index is -3.85. The number of sulfonamides is 1. The van der Waals surface area contributed by atoms with Crippen molar-refractivity contribution in [3.05, 3.63) is 64.4 Å². The highest BCUT2D eigenvalue weighted by molar-refractivity contribution is 7.92. The molecule has 7 nitrogen and oxygen atoms in total. The predicted molar refractivity (Wildman–Crippen MR) is 137 cm³/mol. The van der Waals surface area contributed by atoms with Gasteiger partial charge in [0.1, 0.15) is 18.4 Å². The Balaban J connectivity index is 2.43. The maximum absolute atomic E-state index is 13.6. The van der Waals surface area contributed by atoms with Crippen LogP contribution in [0.2, 0.25) is 5.02 Å². The predicted octanol–water partition coefficient (Wildman–Crippen LogP) is 4.13. The Bertz CT molecular complexity index is 1140. The smallest absolute Gasteiger partial charge is 0.244 e. The van der Waals surface area contributed by atoms with E-state index in [0.717, 1.165) is 16.1 Å². The van der Waals surface area contributed by atoms with E-state index in [2.05, 4.69) is 5.32 Å². The lowest BCUT2D eigenvalue weighted by Gasteiger charge is -2.33. The number of anilines is 1. The maximum Gasteiger partial charge on any atom is 0.244 e. The fraction of sp³-hybridized carbons (Fsp3) is 0.440. The molecule has 2 amide bonds. The van der Waals surface area contributed by atoms with Gasteiger partial charge in [-0.05, 0) is 54.7 Å². The Morgan fingerprint density at radius 2 is 1.74 bits per heavy atom. The second-order valence-electron chi connectivity index (χ2n) is 8.91. The van der Waals surface area contributed by atoms with Crippen LogP contribution in [0.5, 0.6) is 0 Å². The maximum atomic E-state index is 13.6. The van der Waals surface area contributed by atoms with E-state index in [4.69, 9.17) is 11.6 Å². The zero-order chi connectivity index (χ0) is 26.3. The van der Waals surface area contributed by atoms with Crippen LogP contribution in [-0.2, 0) is 26.2 Å². The summed E-state index contributed by atoms with van der Waals surface area (Å²) in [4.78, 5) is 27.9. The molecular weight excluding hydrogens is 493 g/mol. The molecule has 1 atom stereocenters. The van der Waals surface area contributed by atoms with Gasteiger partial charge in [-0.25, -0.2) is 12.8 Å². The normalized spacial score (nSPS) is 12.3. The highest BCUT2D eigenvalue weighted by Crippen LogP contribution is 2.25. The van der Waals surface area contributed by atoms with Gasteiger partial charge in [0, 0.05) is 18.1 Å². The van der Waals surface area contributed by atoms with Crippen molar-refractivity contribution in [2.24, 2.45) is 5.92 Å². The highest BCUT2D eigenvalue weighted by Gasteiger charge is 2.31. The van der Waals surface area contributed by atoms with Crippen LogP contribution in [0.1, 0.15) is 38.3 Å². The van der Waals surface area contributed by atoms with Crippen LogP contribution in [-0.4, -0.2) is 50.5 Å². The molecular formula is C25H33ClFN3O4S. The molecule has 0 spiro atoms. The first-order valence-electron chi connectivity index (χ1n) is 11.4. The lowest BCUT2D eigenvalue weighted by molar-refractivity contribution is -0.140. The van der Waals surface area contributed by atoms with Crippen LogP contribution >= 0.6 is 11.6 Å². The number of carbonyl (C=O) groups is 2. The topological polar surface area (TPSA) is 86.8 Å². The molecule has 2 aromatic carbocycles. The first-order chi connectivity index (χ1) is 16.3. The van der Waals surface area contributed by atoms with E-state index >= 15 is 0 Å². The summed E-state index contributed by atoms with van der Waals surface area (Å²) in [5.41, 5.74) is 1.62. The van der Waals surface area contributed by atoms with Crippen LogP contribution in [0.15, 0.2) is 42.5 Å². The van der Waals surface area contributed by atoms with Crippen molar-refractivity contribution in [2.75, 3.05) is 23.7 Å². The molecule has 0 saturated carbocycles. The number of benzene rings is 2. The summed E-state index contributed by atoms with van der Waals surface area (Å²) in [6, 6.07) is 9.50. The van der Waals surface area contributed by atoms with Crippen molar-refractivity contribution in [3.63, 3.8) is 0 Å². The first kappa shape index (κ1) is 28.6. The van der Waals surface area contributed by atoms with E-state index in [9.17, 15) is 22.4 Å². The van der Waals surface area contributed by atoms with Crippen LogP contribution in [0.4, 0.5) is 10.1 Å². The molecule has 0 aliphatic rings. The molecule has 2 rings (SSSR count). The molecule has 192 valence electrons. The third-order valence-electron chi connectivity index (χ3n) is 5.46. The van der Waals surface area contributed by atoms with Gasteiger partial charge in [-0.2, -0.15) is 0 Å². The number of halogens is 2. The molecule has 0 radical (unpaired) electrons. The van der Waals surface area contributed by atoms with E-state index in [1.165, 1.54) is 35.2 Å². The van der Waals surface area contributed by atoms with Crippen molar-refractivity contribution in [3.8, 4) is 0 Å². The summed E-state index contributed by atoms with van der Waals surface area (Å²) >= 11 is 6.20. The van der Waals surface area contributed by atoms with E-state index in [1.54, 1.807) is 26.0 Å². The molecule has 0 fully saturated rings. The quantitative estimate of drug-likeness (QED) is 0.478. The zero-order valence-electron chi connectivity index (χ0n) is 20.7. The molecule has 0 aromatic heterocycles. The summed E-state index contributed by atoms with van der Waals surface area (Å²) in [7, 11) is -3.85. The van der Waals surface area contributed by atoms with Crippen molar-refractivity contribution >= 4 is 39.1 Å². The van der Waals surface area contributed by atoms with Gasteiger partial charge in [0.05, 0.1) is 11.9 Å².